The van der Waals surface area contributed by atoms with E-state index in [1.165, 1.54) is 37.0 Å². The largest absolute Gasteiger partial charge is 0.347 e. The molecule has 1 fully saturated rings. The van der Waals surface area contributed by atoms with Crippen LogP contribution in [0.4, 0.5) is 0 Å². The average Bonchev–Trinajstić information content (AvgIpc) is 3.25. The van der Waals surface area contributed by atoms with Crippen molar-refractivity contribution < 1.29 is 0 Å². The van der Waals surface area contributed by atoms with E-state index in [1.54, 1.807) is 12.7 Å². The van der Waals surface area contributed by atoms with E-state index >= 15 is 0 Å². The van der Waals surface area contributed by atoms with Crippen LogP contribution in [-0.4, -0.2) is 57.0 Å². The van der Waals surface area contributed by atoms with Gasteiger partial charge in [-0.3, -0.25) is 4.57 Å². The molecule has 6 heteroatoms. The Balaban J connectivity index is 1.47. The Labute approximate surface area is 135 Å². The maximum atomic E-state index is 3.89. The first-order valence-electron chi connectivity index (χ1n) is 8.27. The Morgan fingerprint density at radius 2 is 1.83 bits per heavy atom. The van der Waals surface area contributed by atoms with Gasteiger partial charge in [-0.2, -0.15) is 0 Å². The molecule has 1 aliphatic heterocycles. The Morgan fingerprint density at radius 1 is 1.00 bits per heavy atom. The molecule has 6 nitrogen and oxygen atoms in total. The lowest BCUT2D eigenvalue weighted by Gasteiger charge is -2.27. The van der Waals surface area contributed by atoms with Crippen LogP contribution in [0.5, 0.6) is 0 Å². The predicted molar refractivity (Wildman–Crippen MR) is 90.8 cm³/mol. The fraction of sp³-hybridized carbons (Fsp3) is 0.412. The number of nitrogens with one attached hydrogen (secondary N) is 1. The summed E-state index contributed by atoms with van der Waals surface area (Å²) in [5.74, 6) is 0. The molecule has 0 spiro atoms. The molecule has 4 rings (SSSR count). The summed E-state index contributed by atoms with van der Waals surface area (Å²) in [4.78, 5) is 2.55. The topological polar surface area (TPSA) is 50.9 Å². The Kier molecular flexibility index (Phi) is 4.08. The highest BCUT2D eigenvalue weighted by Crippen LogP contribution is 2.20. The zero-order valence-corrected chi connectivity index (χ0v) is 13.2. The van der Waals surface area contributed by atoms with Gasteiger partial charge in [0.1, 0.15) is 12.7 Å². The highest BCUT2D eigenvalue weighted by Gasteiger charge is 2.09. The summed E-state index contributed by atoms with van der Waals surface area (Å²) in [5.41, 5.74) is 2.38. The van der Waals surface area contributed by atoms with Crippen molar-refractivity contribution in [3.05, 3.63) is 43.1 Å². The predicted octanol–water partition coefficient (Wildman–Crippen LogP) is 1.52. The van der Waals surface area contributed by atoms with E-state index in [0.29, 0.717) is 0 Å². The number of fused-ring (bicyclic) bond motifs is 1. The van der Waals surface area contributed by atoms with Gasteiger partial charge in [-0.1, -0.05) is 6.07 Å². The molecular weight excluding hydrogens is 288 g/mol. The lowest BCUT2D eigenvalue weighted by Crippen LogP contribution is -2.43. The van der Waals surface area contributed by atoms with Crippen molar-refractivity contribution in [3.63, 3.8) is 0 Å². The van der Waals surface area contributed by atoms with Gasteiger partial charge in [0.15, 0.2) is 0 Å². The highest BCUT2D eigenvalue weighted by molar-refractivity contribution is 5.82. The summed E-state index contributed by atoms with van der Waals surface area (Å²) in [7, 11) is 0. The van der Waals surface area contributed by atoms with E-state index in [0.717, 1.165) is 25.3 Å². The second kappa shape index (κ2) is 6.52. The number of hydrogen-bond donors (Lipinski definition) is 1. The Morgan fingerprint density at radius 3 is 2.65 bits per heavy atom. The van der Waals surface area contributed by atoms with Gasteiger partial charge in [-0.15, -0.1) is 10.2 Å². The lowest BCUT2D eigenvalue weighted by atomic mass is 10.2. The van der Waals surface area contributed by atoms with Crippen molar-refractivity contribution in [3.8, 4) is 5.69 Å². The van der Waals surface area contributed by atoms with E-state index in [-0.39, 0.29) is 0 Å². The van der Waals surface area contributed by atoms with Crippen LogP contribution in [0.3, 0.4) is 0 Å². The van der Waals surface area contributed by atoms with Gasteiger partial charge >= 0.3 is 0 Å². The molecule has 0 atom stereocenters. The Bertz CT molecular complexity index is 755. The third-order valence-corrected chi connectivity index (χ3v) is 4.56. The summed E-state index contributed by atoms with van der Waals surface area (Å²) in [6.45, 7) is 6.81. The first-order valence-corrected chi connectivity index (χ1v) is 8.27. The molecule has 0 aliphatic carbocycles. The minimum absolute atomic E-state index is 1.05. The number of aryl methyl sites for hydroxylation is 1. The SMILES string of the molecule is c1cc2ccn(CCCN3CCNCC3)c2cc1-n1cnnc1. The van der Waals surface area contributed by atoms with Crippen LogP contribution in [0.15, 0.2) is 43.1 Å². The molecular formula is C17H22N6. The molecule has 0 amide bonds. The number of rotatable bonds is 5. The van der Waals surface area contributed by atoms with E-state index in [4.69, 9.17) is 0 Å². The zero-order chi connectivity index (χ0) is 15.5. The molecule has 1 N–H and O–H groups in total. The number of aromatic nitrogens is 4. The van der Waals surface area contributed by atoms with Gasteiger partial charge in [-0.25, -0.2) is 0 Å². The molecule has 0 radical (unpaired) electrons. The van der Waals surface area contributed by atoms with E-state index in [9.17, 15) is 0 Å². The Hall–Kier alpha value is -2.18. The standard InChI is InChI=1S/C17H22N6/c1(7-21-10-5-18-6-11-21)8-22-9-4-15-2-3-16(12-17(15)22)23-13-19-20-14-23/h2-4,9,12-14,18H,1,5-8,10-11H2. The molecule has 0 bridgehead atoms. The molecule has 120 valence electrons. The number of hydrogen-bond acceptors (Lipinski definition) is 4. The van der Waals surface area contributed by atoms with Crippen molar-refractivity contribution in [2.75, 3.05) is 32.7 Å². The number of nitrogens with zero attached hydrogens (tertiary/aromatic N) is 5. The van der Waals surface area contributed by atoms with Crippen LogP contribution in [0, 0.1) is 0 Å². The molecule has 23 heavy (non-hydrogen) atoms. The van der Waals surface area contributed by atoms with Gasteiger partial charge in [0.05, 0.1) is 11.2 Å². The smallest absolute Gasteiger partial charge is 0.123 e. The maximum Gasteiger partial charge on any atom is 0.123 e. The third kappa shape index (κ3) is 3.13. The molecule has 1 aliphatic rings. The molecule has 2 aromatic heterocycles. The van der Waals surface area contributed by atoms with E-state index < -0.39 is 0 Å². The van der Waals surface area contributed by atoms with Crippen molar-refractivity contribution in [1.29, 1.82) is 0 Å². The number of benzene rings is 1. The minimum atomic E-state index is 1.05. The maximum absolute atomic E-state index is 3.89. The lowest BCUT2D eigenvalue weighted by molar-refractivity contribution is 0.235. The first-order chi connectivity index (χ1) is 11.4. The van der Waals surface area contributed by atoms with Gasteiger partial charge < -0.3 is 14.8 Å². The van der Waals surface area contributed by atoms with Crippen molar-refractivity contribution in [2.24, 2.45) is 0 Å². The molecule has 3 heterocycles. The van der Waals surface area contributed by atoms with Crippen LogP contribution in [0.25, 0.3) is 16.6 Å². The van der Waals surface area contributed by atoms with Gasteiger partial charge in [-0.05, 0) is 36.6 Å². The first kappa shape index (κ1) is 14.4. The van der Waals surface area contributed by atoms with Gasteiger partial charge in [0.2, 0.25) is 0 Å². The minimum Gasteiger partial charge on any atom is -0.347 e. The molecule has 1 saturated heterocycles. The molecule has 0 saturated carbocycles. The normalized spacial score (nSPS) is 16.2. The fourth-order valence-corrected chi connectivity index (χ4v) is 3.26. The van der Waals surface area contributed by atoms with Crippen LogP contribution < -0.4 is 5.32 Å². The summed E-state index contributed by atoms with van der Waals surface area (Å²) in [6.07, 6.45) is 6.84. The molecule has 3 aromatic rings. The molecule has 0 unspecified atom stereocenters. The van der Waals surface area contributed by atoms with Crippen molar-refractivity contribution in [2.45, 2.75) is 13.0 Å². The summed E-state index contributed by atoms with van der Waals surface area (Å²) in [5, 5.41) is 12.5. The quantitative estimate of drug-likeness (QED) is 0.776. The fourth-order valence-electron chi connectivity index (χ4n) is 3.26. The van der Waals surface area contributed by atoms with Crippen molar-refractivity contribution >= 4 is 10.9 Å². The third-order valence-electron chi connectivity index (χ3n) is 4.56. The van der Waals surface area contributed by atoms with Crippen LogP contribution >= 0.6 is 0 Å². The van der Waals surface area contributed by atoms with Crippen molar-refractivity contribution in [1.82, 2.24) is 29.5 Å². The zero-order valence-electron chi connectivity index (χ0n) is 13.2. The number of piperazine rings is 1. The second-order valence-corrected chi connectivity index (χ2v) is 6.07. The average molecular weight is 310 g/mol. The molecule has 1 aromatic carbocycles. The summed E-state index contributed by atoms with van der Waals surface area (Å²) < 4.78 is 4.29. The monoisotopic (exact) mass is 310 g/mol. The summed E-state index contributed by atoms with van der Waals surface area (Å²) >= 11 is 0. The van der Waals surface area contributed by atoms with Crippen LogP contribution in [0.1, 0.15) is 6.42 Å². The van der Waals surface area contributed by atoms with Crippen LogP contribution in [-0.2, 0) is 6.54 Å². The van der Waals surface area contributed by atoms with Crippen LogP contribution in [0.2, 0.25) is 0 Å². The van der Waals surface area contributed by atoms with Gasteiger partial charge in [0, 0.05) is 38.9 Å². The van der Waals surface area contributed by atoms with Gasteiger partial charge in [0.25, 0.3) is 0 Å². The van der Waals surface area contributed by atoms with E-state index in [2.05, 4.69) is 55.4 Å². The highest BCUT2D eigenvalue weighted by atomic mass is 15.2. The van der Waals surface area contributed by atoms with E-state index in [1.807, 2.05) is 4.57 Å². The summed E-state index contributed by atoms with van der Waals surface area (Å²) in [6, 6.07) is 8.67. The second-order valence-electron chi connectivity index (χ2n) is 6.07.